The van der Waals surface area contributed by atoms with Crippen LogP contribution in [0.4, 0.5) is 11.6 Å². The van der Waals surface area contributed by atoms with Gasteiger partial charge in [-0.3, -0.25) is 4.79 Å². The monoisotopic (exact) mass is 653 g/mol. The van der Waals surface area contributed by atoms with Crippen LogP contribution in [0.5, 0.6) is 5.75 Å². The van der Waals surface area contributed by atoms with Crippen LogP contribution in [0.25, 0.3) is 21.8 Å². The van der Waals surface area contributed by atoms with Gasteiger partial charge in [0.1, 0.15) is 27.7 Å². The van der Waals surface area contributed by atoms with Crippen LogP contribution in [0, 0.1) is 12.8 Å². The fourth-order valence-corrected chi connectivity index (χ4v) is 6.70. The summed E-state index contributed by atoms with van der Waals surface area (Å²) in [6.07, 6.45) is 7.43. The first-order valence-corrected chi connectivity index (χ1v) is 16.5. The van der Waals surface area contributed by atoms with Gasteiger partial charge in [-0.1, -0.05) is 23.4 Å². The van der Waals surface area contributed by atoms with Crippen LogP contribution in [0.3, 0.4) is 0 Å². The molecule has 1 fully saturated rings. The second-order valence-electron chi connectivity index (χ2n) is 13.0. The number of aromatic nitrogens is 6. The van der Waals surface area contributed by atoms with Crippen molar-refractivity contribution in [2.75, 3.05) is 12.4 Å². The first-order chi connectivity index (χ1) is 22.5. The average Bonchev–Trinajstić information content (AvgIpc) is 3.72. The van der Waals surface area contributed by atoms with E-state index in [0.29, 0.717) is 54.6 Å². The van der Waals surface area contributed by atoms with Crippen LogP contribution in [0.2, 0.25) is 0 Å². The molecule has 1 aliphatic carbocycles. The lowest BCUT2D eigenvalue weighted by molar-refractivity contribution is -0.163. The van der Waals surface area contributed by atoms with E-state index < -0.39 is 11.2 Å². The number of nitrogens with one attached hydrogen (secondary N) is 1. The summed E-state index contributed by atoms with van der Waals surface area (Å²) >= 11 is 1.48. The summed E-state index contributed by atoms with van der Waals surface area (Å²) in [5.74, 6) is 0.849. The molecule has 3 aromatic heterocycles. The Balaban J connectivity index is 1.13. The van der Waals surface area contributed by atoms with E-state index in [9.17, 15) is 9.90 Å². The summed E-state index contributed by atoms with van der Waals surface area (Å²) in [4.78, 5) is 27.3. The molecule has 0 bridgehead atoms. The summed E-state index contributed by atoms with van der Waals surface area (Å²) in [6.45, 7) is 8.22. The predicted octanol–water partition coefficient (Wildman–Crippen LogP) is 6.69. The van der Waals surface area contributed by atoms with Gasteiger partial charge in [0.05, 0.1) is 36.3 Å². The quantitative estimate of drug-likeness (QED) is 0.166. The zero-order chi connectivity index (χ0) is 33.2. The van der Waals surface area contributed by atoms with E-state index in [1.807, 2.05) is 76.5 Å². The molecule has 2 aromatic carbocycles. The normalized spacial score (nSPS) is 18.1. The van der Waals surface area contributed by atoms with Crippen LogP contribution in [-0.2, 0) is 21.7 Å². The molecule has 12 heteroatoms. The van der Waals surface area contributed by atoms with E-state index in [1.165, 1.54) is 11.3 Å². The maximum Gasteiger partial charge on any atom is 0.309 e. The number of rotatable bonds is 9. The van der Waals surface area contributed by atoms with Crippen LogP contribution in [0.15, 0.2) is 67.1 Å². The molecule has 0 atom stereocenters. The number of carbonyl (C=O) groups is 1. The zero-order valence-electron chi connectivity index (χ0n) is 27.2. The number of thiazole rings is 1. The highest BCUT2D eigenvalue weighted by molar-refractivity contribution is 7.15. The number of aryl methyl sites for hydroxylation is 1. The molecule has 3 heterocycles. The number of hydrogen-bond donors (Lipinski definition) is 2. The Morgan fingerprint density at radius 3 is 2.57 bits per heavy atom. The van der Waals surface area contributed by atoms with E-state index in [1.54, 1.807) is 24.1 Å². The maximum atomic E-state index is 12.6. The van der Waals surface area contributed by atoms with Gasteiger partial charge in [0, 0.05) is 18.1 Å². The molecule has 11 nitrogen and oxygen atoms in total. The number of ether oxygens (including phenoxy) is 2. The molecule has 0 saturated heterocycles. The van der Waals surface area contributed by atoms with E-state index >= 15 is 0 Å². The fraction of sp³-hybridized carbons (Fsp3) is 0.371. The fourth-order valence-electron chi connectivity index (χ4n) is 5.65. The molecule has 0 aliphatic heterocycles. The van der Waals surface area contributed by atoms with Gasteiger partial charge in [-0.15, -0.1) is 16.4 Å². The Hall–Kier alpha value is -4.68. The smallest absolute Gasteiger partial charge is 0.309 e. The first-order valence-electron chi connectivity index (χ1n) is 15.6. The van der Waals surface area contributed by atoms with E-state index in [2.05, 4.69) is 31.7 Å². The summed E-state index contributed by atoms with van der Waals surface area (Å²) in [7, 11) is 1.65. The standard InChI is InChI=1S/C35H39N7O4S/c1-22-16-25(30-19-37-32(47-30)35(44)13-10-24(11-14-35)31(43)46-34(2,3)4)18-26(17-22)38-33-36-15-12-28(39-33)29-21-42(41-40-29)20-23-6-8-27(45-5)9-7-23/h6-9,12,15-19,21,24,44H,10-11,13-14,20H2,1-5H3,(H,36,38,39)/t24-,35+. The molecule has 6 rings (SSSR count). The van der Waals surface area contributed by atoms with E-state index in [-0.39, 0.29) is 11.9 Å². The second-order valence-corrected chi connectivity index (χ2v) is 14.0. The minimum Gasteiger partial charge on any atom is -0.497 e. The van der Waals surface area contributed by atoms with Crippen molar-refractivity contribution in [3.05, 3.63) is 83.3 Å². The van der Waals surface area contributed by atoms with Crippen LogP contribution >= 0.6 is 11.3 Å². The third-order valence-corrected chi connectivity index (χ3v) is 9.27. The van der Waals surface area contributed by atoms with Crippen molar-refractivity contribution in [3.8, 4) is 27.6 Å². The summed E-state index contributed by atoms with van der Waals surface area (Å²) in [6, 6.07) is 15.8. The van der Waals surface area contributed by atoms with Crippen LogP contribution < -0.4 is 10.1 Å². The van der Waals surface area contributed by atoms with Gasteiger partial charge in [-0.2, -0.15) is 0 Å². The second kappa shape index (κ2) is 13.2. The minimum absolute atomic E-state index is 0.190. The SMILES string of the molecule is COc1ccc(Cn2cc(-c3ccnc(Nc4cc(C)cc(-c5cnc([C@]6(O)CC[C@@H](C(=O)OC(C)(C)C)CC6)s5)c4)n3)nn2)cc1. The lowest BCUT2D eigenvalue weighted by Crippen LogP contribution is -2.36. The summed E-state index contributed by atoms with van der Waals surface area (Å²) < 4.78 is 12.6. The van der Waals surface area contributed by atoms with Gasteiger partial charge in [-0.25, -0.2) is 19.6 Å². The van der Waals surface area contributed by atoms with E-state index in [0.717, 1.165) is 33.0 Å². The topological polar surface area (TPSA) is 137 Å². The third kappa shape index (κ3) is 7.83. The number of carbonyl (C=O) groups excluding carboxylic acids is 1. The zero-order valence-corrected chi connectivity index (χ0v) is 28.0. The molecule has 0 radical (unpaired) electrons. The number of anilines is 2. The number of methoxy groups -OCH3 is 1. The van der Waals surface area contributed by atoms with Crippen molar-refractivity contribution >= 4 is 28.9 Å². The van der Waals surface area contributed by atoms with Gasteiger partial charge in [0.25, 0.3) is 0 Å². The third-order valence-electron chi connectivity index (χ3n) is 8.03. The minimum atomic E-state index is -1.06. The van der Waals surface area contributed by atoms with Crippen molar-refractivity contribution in [2.45, 2.75) is 71.1 Å². The molecule has 0 spiro atoms. The van der Waals surface area contributed by atoms with Crippen molar-refractivity contribution in [1.29, 1.82) is 0 Å². The largest absolute Gasteiger partial charge is 0.497 e. The van der Waals surface area contributed by atoms with Crippen LogP contribution in [0.1, 0.15) is 62.6 Å². The molecular formula is C35H39N7O4S. The van der Waals surface area contributed by atoms with Crippen LogP contribution in [-0.4, -0.2) is 53.7 Å². The Morgan fingerprint density at radius 2 is 1.85 bits per heavy atom. The Bertz CT molecular complexity index is 1850. The van der Waals surface area contributed by atoms with Crippen molar-refractivity contribution in [2.24, 2.45) is 5.92 Å². The number of esters is 1. The molecule has 47 heavy (non-hydrogen) atoms. The highest BCUT2D eigenvalue weighted by Gasteiger charge is 2.40. The van der Waals surface area contributed by atoms with Crippen molar-refractivity contribution < 1.29 is 19.4 Å². The average molecular weight is 654 g/mol. The Labute approximate surface area is 278 Å². The van der Waals surface area contributed by atoms with Crippen molar-refractivity contribution in [3.63, 3.8) is 0 Å². The van der Waals surface area contributed by atoms with Gasteiger partial charge < -0.3 is 19.9 Å². The number of benzene rings is 2. The molecule has 5 aromatic rings. The van der Waals surface area contributed by atoms with Gasteiger partial charge in [-0.05, 0) is 100 Å². The summed E-state index contributed by atoms with van der Waals surface area (Å²) in [5, 5.41) is 24.1. The van der Waals surface area contributed by atoms with Gasteiger partial charge >= 0.3 is 5.97 Å². The lowest BCUT2D eigenvalue weighted by Gasteiger charge is -2.34. The number of aliphatic hydroxyl groups is 1. The van der Waals surface area contributed by atoms with Gasteiger partial charge in [0.2, 0.25) is 5.95 Å². The maximum absolute atomic E-state index is 12.6. The highest BCUT2D eigenvalue weighted by atomic mass is 32.1. The molecule has 2 N–H and O–H groups in total. The van der Waals surface area contributed by atoms with Crippen molar-refractivity contribution in [1.82, 2.24) is 29.9 Å². The Kier molecular flexibility index (Phi) is 9.07. The van der Waals surface area contributed by atoms with Gasteiger partial charge in [0.15, 0.2) is 0 Å². The molecule has 0 unspecified atom stereocenters. The van der Waals surface area contributed by atoms with E-state index in [4.69, 9.17) is 14.5 Å². The highest BCUT2D eigenvalue weighted by Crippen LogP contribution is 2.43. The molecule has 244 valence electrons. The lowest BCUT2D eigenvalue weighted by atomic mass is 9.79. The predicted molar refractivity (Wildman–Crippen MR) is 180 cm³/mol. The molecule has 1 aliphatic rings. The first kappa shape index (κ1) is 32.3. The Morgan fingerprint density at radius 1 is 1.09 bits per heavy atom. The number of nitrogens with zero attached hydrogens (tertiary/aromatic N) is 6. The number of hydrogen-bond acceptors (Lipinski definition) is 11. The molecular weight excluding hydrogens is 614 g/mol. The summed E-state index contributed by atoms with van der Waals surface area (Å²) in [5.41, 5.74) is 3.64. The molecule has 1 saturated carbocycles. The molecule has 0 amide bonds.